The second kappa shape index (κ2) is 4.60. The highest BCUT2D eigenvalue weighted by Crippen LogP contribution is 2.35. The molecule has 20 heavy (non-hydrogen) atoms. The fourth-order valence-electron chi connectivity index (χ4n) is 3.05. The van der Waals surface area contributed by atoms with Crippen molar-refractivity contribution in [2.24, 2.45) is 7.05 Å². The van der Waals surface area contributed by atoms with E-state index in [2.05, 4.69) is 51.0 Å². The summed E-state index contributed by atoms with van der Waals surface area (Å²) in [6.07, 6.45) is 7.51. The predicted molar refractivity (Wildman–Crippen MR) is 82.8 cm³/mol. The molecule has 0 amide bonds. The van der Waals surface area contributed by atoms with Gasteiger partial charge in [-0.2, -0.15) is 5.10 Å². The quantitative estimate of drug-likeness (QED) is 0.674. The van der Waals surface area contributed by atoms with Gasteiger partial charge in [0.2, 0.25) is 0 Å². The minimum atomic E-state index is 0.0781. The van der Waals surface area contributed by atoms with Crippen LogP contribution in [-0.2, 0) is 11.8 Å². The van der Waals surface area contributed by atoms with Gasteiger partial charge in [0.05, 0.1) is 21.7 Å². The average molecular weight is 334 g/mol. The second-order valence-electron chi connectivity index (χ2n) is 5.40. The highest BCUT2D eigenvalue weighted by atomic mass is 79.9. The number of aromatic nitrogens is 3. The number of halogens is 1. The molecule has 0 radical (unpaired) electrons. The largest absolute Gasteiger partial charge is 0.356 e. The third kappa shape index (κ3) is 1.73. The summed E-state index contributed by atoms with van der Waals surface area (Å²) in [5.74, 6) is 0. The molecule has 1 fully saturated rings. The minimum absolute atomic E-state index is 0.0781. The molecular weight excluding hydrogens is 318 g/mol. The Morgan fingerprint density at radius 3 is 3.10 bits per heavy atom. The highest BCUT2D eigenvalue weighted by molar-refractivity contribution is 9.10. The zero-order valence-electron chi connectivity index (χ0n) is 11.3. The summed E-state index contributed by atoms with van der Waals surface area (Å²) in [5.41, 5.74) is 2.35. The van der Waals surface area contributed by atoms with Gasteiger partial charge < -0.3 is 9.30 Å². The summed E-state index contributed by atoms with van der Waals surface area (Å²) >= 11 is 3.73. The van der Waals surface area contributed by atoms with Gasteiger partial charge in [-0.3, -0.25) is 0 Å². The molecule has 0 aliphatic carbocycles. The van der Waals surface area contributed by atoms with Gasteiger partial charge in [0, 0.05) is 30.6 Å². The molecule has 1 unspecified atom stereocenters. The van der Waals surface area contributed by atoms with Crippen LogP contribution in [0.2, 0.25) is 0 Å². The lowest BCUT2D eigenvalue weighted by Crippen LogP contribution is -2.18. The van der Waals surface area contributed by atoms with E-state index in [9.17, 15) is 0 Å². The van der Waals surface area contributed by atoms with Crippen molar-refractivity contribution in [3.05, 3.63) is 29.0 Å². The Morgan fingerprint density at radius 1 is 1.40 bits per heavy atom. The van der Waals surface area contributed by atoms with E-state index in [0.29, 0.717) is 0 Å². The van der Waals surface area contributed by atoms with E-state index < -0.39 is 0 Å². The Bertz CT molecular complexity index is 783. The summed E-state index contributed by atoms with van der Waals surface area (Å²) in [7, 11) is 2.06. The van der Waals surface area contributed by atoms with Gasteiger partial charge in [-0.15, -0.1) is 0 Å². The smallest absolute Gasteiger partial charge is 0.150 e. The Hall–Kier alpha value is -1.33. The summed E-state index contributed by atoms with van der Waals surface area (Å²) in [4.78, 5) is 0. The van der Waals surface area contributed by atoms with Crippen LogP contribution in [-0.4, -0.2) is 21.0 Å². The summed E-state index contributed by atoms with van der Waals surface area (Å²) < 4.78 is 11.1. The van der Waals surface area contributed by atoms with E-state index in [1.807, 2.05) is 10.9 Å². The third-order valence-corrected chi connectivity index (χ3v) is 4.91. The van der Waals surface area contributed by atoms with Crippen molar-refractivity contribution in [3.8, 4) is 0 Å². The van der Waals surface area contributed by atoms with Crippen LogP contribution in [0.25, 0.3) is 21.8 Å². The van der Waals surface area contributed by atoms with Crippen LogP contribution in [0.15, 0.2) is 29.0 Å². The number of hydrogen-bond acceptors (Lipinski definition) is 2. The van der Waals surface area contributed by atoms with E-state index in [1.165, 1.54) is 17.3 Å². The number of fused-ring (bicyclic) bond motifs is 2. The minimum Gasteiger partial charge on any atom is -0.356 e. The number of benzene rings is 1. The van der Waals surface area contributed by atoms with Crippen LogP contribution in [0.1, 0.15) is 25.5 Å². The lowest BCUT2D eigenvalue weighted by molar-refractivity contribution is -0.0366. The topological polar surface area (TPSA) is 32.0 Å². The van der Waals surface area contributed by atoms with E-state index in [1.54, 1.807) is 0 Å². The van der Waals surface area contributed by atoms with Gasteiger partial charge in [0.15, 0.2) is 6.23 Å². The molecule has 0 N–H and O–H groups in total. The van der Waals surface area contributed by atoms with Crippen LogP contribution in [0.5, 0.6) is 0 Å². The van der Waals surface area contributed by atoms with Crippen LogP contribution in [0.3, 0.4) is 0 Å². The van der Waals surface area contributed by atoms with Crippen LogP contribution in [0.4, 0.5) is 0 Å². The maximum absolute atomic E-state index is 5.87. The zero-order valence-corrected chi connectivity index (χ0v) is 12.9. The first-order valence-corrected chi connectivity index (χ1v) is 7.77. The molecule has 5 heteroatoms. The van der Waals surface area contributed by atoms with Crippen LogP contribution < -0.4 is 0 Å². The van der Waals surface area contributed by atoms with Crippen molar-refractivity contribution in [1.82, 2.24) is 14.3 Å². The van der Waals surface area contributed by atoms with E-state index >= 15 is 0 Å². The molecule has 4 nitrogen and oxygen atoms in total. The SMILES string of the molecule is Cn1ccc2cc3c(cnn3C3CCCCO3)c(Br)c21. The van der Waals surface area contributed by atoms with Crippen LogP contribution >= 0.6 is 15.9 Å². The van der Waals surface area contributed by atoms with Crippen LogP contribution in [0, 0.1) is 0 Å². The molecule has 0 bridgehead atoms. The summed E-state index contributed by atoms with van der Waals surface area (Å²) in [6.45, 7) is 0.834. The summed E-state index contributed by atoms with van der Waals surface area (Å²) in [6, 6.07) is 4.35. The molecule has 4 rings (SSSR count). The Balaban J connectivity index is 1.95. The molecule has 1 aliphatic rings. The van der Waals surface area contributed by atoms with Gasteiger partial charge >= 0.3 is 0 Å². The highest BCUT2D eigenvalue weighted by Gasteiger charge is 2.20. The second-order valence-corrected chi connectivity index (χ2v) is 6.19. The lowest BCUT2D eigenvalue weighted by atomic mass is 10.1. The molecule has 0 saturated carbocycles. The molecular formula is C15H16BrN3O. The molecule has 2 aromatic heterocycles. The fraction of sp³-hybridized carbons (Fsp3) is 0.400. The number of hydrogen-bond donors (Lipinski definition) is 0. The molecule has 1 aromatic carbocycles. The van der Waals surface area contributed by atoms with Crippen molar-refractivity contribution in [3.63, 3.8) is 0 Å². The molecule has 104 valence electrons. The van der Waals surface area contributed by atoms with Gasteiger partial charge in [-0.05, 0) is 47.3 Å². The summed E-state index contributed by atoms with van der Waals surface area (Å²) in [5, 5.41) is 6.94. The average Bonchev–Trinajstić information content (AvgIpc) is 3.05. The van der Waals surface area contributed by atoms with Gasteiger partial charge in [0.1, 0.15) is 0 Å². The molecule has 3 heterocycles. The number of nitrogens with zero attached hydrogens (tertiary/aromatic N) is 3. The first-order valence-electron chi connectivity index (χ1n) is 6.98. The van der Waals surface area contributed by atoms with Crippen molar-refractivity contribution < 1.29 is 4.74 Å². The van der Waals surface area contributed by atoms with Gasteiger partial charge in [-0.1, -0.05) is 0 Å². The Morgan fingerprint density at radius 2 is 2.30 bits per heavy atom. The van der Waals surface area contributed by atoms with Crippen molar-refractivity contribution in [2.75, 3.05) is 6.61 Å². The molecule has 3 aromatic rings. The maximum Gasteiger partial charge on any atom is 0.150 e. The number of rotatable bonds is 1. The molecule has 1 atom stereocenters. The normalized spacial score (nSPS) is 20.0. The molecule has 1 saturated heterocycles. The lowest BCUT2D eigenvalue weighted by Gasteiger charge is -2.23. The zero-order chi connectivity index (χ0) is 13.7. The van der Waals surface area contributed by atoms with E-state index in [-0.39, 0.29) is 6.23 Å². The Labute approximate surface area is 125 Å². The van der Waals surface area contributed by atoms with E-state index in [0.717, 1.165) is 34.8 Å². The number of aryl methyl sites for hydroxylation is 1. The van der Waals surface area contributed by atoms with Crippen molar-refractivity contribution in [1.29, 1.82) is 0 Å². The Kier molecular flexibility index (Phi) is 2.86. The standard InChI is InChI=1S/C15H16BrN3O/c1-18-6-5-10-8-12-11(14(16)15(10)18)9-17-19(12)13-4-2-3-7-20-13/h5-6,8-9,13H,2-4,7H2,1H3. The number of ether oxygens (including phenoxy) is 1. The van der Waals surface area contributed by atoms with Gasteiger partial charge in [-0.25, -0.2) is 4.68 Å². The van der Waals surface area contributed by atoms with Gasteiger partial charge in [0.25, 0.3) is 0 Å². The predicted octanol–water partition coefficient (Wildman–Crippen LogP) is 3.99. The fourth-order valence-corrected chi connectivity index (χ4v) is 3.87. The first kappa shape index (κ1) is 12.4. The monoisotopic (exact) mass is 333 g/mol. The third-order valence-electron chi connectivity index (χ3n) is 4.10. The maximum atomic E-state index is 5.87. The van der Waals surface area contributed by atoms with Crippen molar-refractivity contribution >= 4 is 37.7 Å². The molecule has 0 spiro atoms. The molecule has 1 aliphatic heterocycles. The van der Waals surface area contributed by atoms with E-state index in [4.69, 9.17) is 4.74 Å². The van der Waals surface area contributed by atoms with Crippen molar-refractivity contribution in [2.45, 2.75) is 25.5 Å². The first-order chi connectivity index (χ1) is 9.75.